The maximum atomic E-state index is 13.7. The van der Waals surface area contributed by atoms with Crippen molar-refractivity contribution in [2.45, 2.75) is 39.2 Å². The van der Waals surface area contributed by atoms with Crippen molar-refractivity contribution in [3.05, 3.63) is 104 Å². The summed E-state index contributed by atoms with van der Waals surface area (Å²) in [5.41, 5.74) is 3.06. The number of nitrogens with zero attached hydrogens (tertiary/aromatic N) is 1. The molecule has 1 amide bonds. The summed E-state index contributed by atoms with van der Waals surface area (Å²) in [7, 11) is 0. The molecule has 0 fully saturated rings. The molecule has 0 radical (unpaired) electrons. The second kappa shape index (κ2) is 9.70. The fraction of sp³-hybridized carbons (Fsp3) is 0.241. The number of hydrogen-bond donors (Lipinski definition) is 0. The van der Waals surface area contributed by atoms with Gasteiger partial charge in [0.1, 0.15) is 11.3 Å². The van der Waals surface area contributed by atoms with Gasteiger partial charge in [-0.25, -0.2) is 0 Å². The Hall–Kier alpha value is -3.38. The number of ether oxygens (including phenoxy) is 1. The number of rotatable bonds is 7. The average molecular weight is 532 g/mol. The lowest BCUT2D eigenvalue weighted by Crippen LogP contribution is -2.29. The first-order valence-corrected chi connectivity index (χ1v) is 12.7. The number of aryl methyl sites for hydroxylation is 1. The summed E-state index contributed by atoms with van der Waals surface area (Å²) in [5, 5.41) is 0.480. The second-order valence-corrected chi connectivity index (χ2v) is 9.77. The largest absolute Gasteiger partial charge is 0.494 e. The van der Waals surface area contributed by atoms with Crippen molar-refractivity contribution in [1.29, 1.82) is 0 Å². The van der Waals surface area contributed by atoms with Crippen LogP contribution in [-0.4, -0.2) is 12.5 Å². The topological polar surface area (TPSA) is 59.8 Å². The van der Waals surface area contributed by atoms with Crippen molar-refractivity contribution in [3.8, 4) is 5.75 Å². The molecule has 0 spiro atoms. The summed E-state index contributed by atoms with van der Waals surface area (Å²) in [6, 6.07) is 20.0. The molecule has 5 rings (SSSR count). The first-order valence-electron chi connectivity index (χ1n) is 11.9. The second-order valence-electron chi connectivity index (χ2n) is 8.86. The highest BCUT2D eigenvalue weighted by Gasteiger charge is 2.43. The molecule has 0 aliphatic carbocycles. The van der Waals surface area contributed by atoms with Gasteiger partial charge in [0.2, 0.25) is 5.76 Å². The maximum absolute atomic E-state index is 13.7. The molecule has 0 N–H and O–H groups in total. The van der Waals surface area contributed by atoms with Crippen LogP contribution >= 0.6 is 15.9 Å². The number of benzene rings is 3. The molecule has 1 aliphatic rings. The molecule has 6 heteroatoms. The highest BCUT2D eigenvalue weighted by Crippen LogP contribution is 2.42. The van der Waals surface area contributed by atoms with Crippen LogP contribution in [0, 0.1) is 6.92 Å². The summed E-state index contributed by atoms with van der Waals surface area (Å²) in [6.45, 7) is 4.76. The number of anilines is 1. The van der Waals surface area contributed by atoms with E-state index in [-0.39, 0.29) is 17.1 Å². The van der Waals surface area contributed by atoms with Crippen molar-refractivity contribution in [1.82, 2.24) is 0 Å². The molecule has 0 saturated heterocycles. The fourth-order valence-corrected chi connectivity index (χ4v) is 4.97. The van der Waals surface area contributed by atoms with Crippen LogP contribution in [0.15, 0.2) is 80.4 Å². The summed E-state index contributed by atoms with van der Waals surface area (Å²) >= 11 is 3.50. The van der Waals surface area contributed by atoms with Gasteiger partial charge in [-0.2, -0.15) is 0 Å². The summed E-state index contributed by atoms with van der Waals surface area (Å²) < 4.78 is 12.8. The maximum Gasteiger partial charge on any atom is 0.295 e. The highest BCUT2D eigenvalue weighted by atomic mass is 79.9. The van der Waals surface area contributed by atoms with Crippen molar-refractivity contribution in [2.24, 2.45) is 0 Å². The molecule has 4 aromatic rings. The van der Waals surface area contributed by atoms with Crippen molar-refractivity contribution < 1.29 is 13.9 Å². The molecule has 3 aromatic carbocycles. The quantitative estimate of drug-likeness (QED) is 0.237. The fourth-order valence-electron chi connectivity index (χ4n) is 4.58. The predicted octanol–water partition coefficient (Wildman–Crippen LogP) is 7.18. The summed E-state index contributed by atoms with van der Waals surface area (Å²) in [4.78, 5) is 29.1. The number of unbranched alkanes of at least 4 members (excludes halogenated alkanes) is 2. The van der Waals surface area contributed by atoms with Crippen LogP contribution in [0.1, 0.15) is 59.5 Å². The Morgan fingerprint density at radius 3 is 2.54 bits per heavy atom. The molecule has 0 saturated carbocycles. The number of hydrogen-bond acceptors (Lipinski definition) is 4. The normalized spacial score (nSPS) is 15.0. The molecule has 2 heterocycles. The van der Waals surface area contributed by atoms with Gasteiger partial charge in [-0.05, 0) is 61.4 Å². The molecule has 1 aromatic heterocycles. The van der Waals surface area contributed by atoms with E-state index in [2.05, 4.69) is 22.9 Å². The van der Waals surface area contributed by atoms with Gasteiger partial charge in [0.25, 0.3) is 5.91 Å². The van der Waals surface area contributed by atoms with Crippen LogP contribution in [0.4, 0.5) is 5.69 Å². The van der Waals surface area contributed by atoms with Gasteiger partial charge >= 0.3 is 0 Å². The number of halogens is 1. The van der Waals surface area contributed by atoms with Crippen LogP contribution < -0.4 is 15.1 Å². The molecule has 178 valence electrons. The van der Waals surface area contributed by atoms with E-state index in [4.69, 9.17) is 9.15 Å². The van der Waals surface area contributed by atoms with E-state index < -0.39 is 6.04 Å². The average Bonchev–Trinajstić information content (AvgIpc) is 3.15. The standard InChI is InChI=1S/C29H26BrNO4/c1-3-4-5-15-34-22-12-10-19(11-13-22)26-25-27(32)23-16-18(2)9-14-24(23)35-28(25)29(33)31(26)21-8-6-7-20(30)17-21/h6-14,16-17,26H,3-5,15H2,1-2H3. The molecular formula is C29H26BrNO4. The zero-order valence-corrected chi connectivity index (χ0v) is 21.3. The molecule has 1 atom stereocenters. The van der Waals surface area contributed by atoms with Gasteiger partial charge in [0.15, 0.2) is 5.43 Å². The lowest BCUT2D eigenvalue weighted by Gasteiger charge is -2.25. The lowest BCUT2D eigenvalue weighted by atomic mass is 9.98. The van der Waals surface area contributed by atoms with E-state index in [0.29, 0.717) is 28.8 Å². The van der Waals surface area contributed by atoms with Gasteiger partial charge < -0.3 is 9.15 Å². The van der Waals surface area contributed by atoms with E-state index in [1.807, 2.05) is 67.6 Å². The van der Waals surface area contributed by atoms with Gasteiger partial charge in [-0.3, -0.25) is 14.5 Å². The SMILES string of the molecule is CCCCCOc1ccc(C2c3c(oc4ccc(C)cc4c3=O)C(=O)N2c2cccc(Br)c2)cc1. The first-order chi connectivity index (χ1) is 17.0. The van der Waals surface area contributed by atoms with Crippen molar-refractivity contribution >= 4 is 38.5 Å². The number of amides is 1. The Labute approximate surface area is 212 Å². The smallest absolute Gasteiger partial charge is 0.295 e. The Morgan fingerprint density at radius 1 is 1.00 bits per heavy atom. The Balaban J connectivity index is 1.63. The van der Waals surface area contributed by atoms with Crippen molar-refractivity contribution in [2.75, 3.05) is 11.5 Å². The van der Waals surface area contributed by atoms with E-state index >= 15 is 0 Å². The Bertz CT molecular complexity index is 1460. The summed E-state index contributed by atoms with van der Waals surface area (Å²) in [5.74, 6) is 0.531. The molecule has 1 unspecified atom stereocenters. The predicted molar refractivity (Wildman–Crippen MR) is 141 cm³/mol. The third-order valence-corrected chi connectivity index (χ3v) is 6.82. The Morgan fingerprint density at radius 2 is 1.80 bits per heavy atom. The third-order valence-electron chi connectivity index (χ3n) is 6.32. The zero-order valence-electron chi connectivity index (χ0n) is 19.7. The lowest BCUT2D eigenvalue weighted by molar-refractivity contribution is 0.0971. The van der Waals surface area contributed by atoms with E-state index in [1.54, 1.807) is 11.0 Å². The molecule has 5 nitrogen and oxygen atoms in total. The van der Waals surface area contributed by atoms with Gasteiger partial charge in [-0.15, -0.1) is 0 Å². The molecular weight excluding hydrogens is 506 g/mol. The van der Waals surface area contributed by atoms with Crippen LogP contribution in [0.25, 0.3) is 11.0 Å². The number of fused-ring (bicyclic) bond motifs is 2. The highest BCUT2D eigenvalue weighted by molar-refractivity contribution is 9.10. The zero-order chi connectivity index (χ0) is 24.5. The minimum atomic E-state index is -0.609. The number of carbonyl (C=O) groups excluding carboxylic acids is 1. The van der Waals surface area contributed by atoms with Crippen LogP contribution in [0.2, 0.25) is 0 Å². The van der Waals surface area contributed by atoms with Crippen molar-refractivity contribution in [3.63, 3.8) is 0 Å². The molecule has 35 heavy (non-hydrogen) atoms. The third kappa shape index (κ3) is 4.39. The minimum Gasteiger partial charge on any atom is -0.494 e. The van der Waals surface area contributed by atoms with Gasteiger partial charge in [0.05, 0.1) is 23.6 Å². The van der Waals surface area contributed by atoms with Gasteiger partial charge in [0, 0.05) is 10.2 Å². The van der Waals surface area contributed by atoms with E-state index in [9.17, 15) is 9.59 Å². The monoisotopic (exact) mass is 531 g/mol. The molecule has 1 aliphatic heterocycles. The first kappa shape index (κ1) is 23.4. The summed E-state index contributed by atoms with van der Waals surface area (Å²) in [6.07, 6.45) is 3.27. The van der Waals surface area contributed by atoms with E-state index in [1.165, 1.54) is 0 Å². The van der Waals surface area contributed by atoms with Crippen LogP contribution in [0.5, 0.6) is 5.75 Å². The van der Waals surface area contributed by atoms with Gasteiger partial charge in [-0.1, -0.05) is 65.5 Å². The number of carbonyl (C=O) groups is 1. The van der Waals surface area contributed by atoms with E-state index in [0.717, 1.165) is 40.6 Å². The van der Waals surface area contributed by atoms with Crippen LogP contribution in [0.3, 0.4) is 0 Å². The minimum absolute atomic E-state index is 0.0937. The molecule has 0 bridgehead atoms. The van der Waals surface area contributed by atoms with Crippen LogP contribution in [-0.2, 0) is 0 Å². The Kier molecular flexibility index (Phi) is 6.48.